The summed E-state index contributed by atoms with van der Waals surface area (Å²) in [5, 5.41) is 0. The Labute approximate surface area is 184 Å². The molecule has 1 aromatic heterocycles. The molecule has 31 heavy (non-hydrogen) atoms. The molecule has 0 atom stereocenters. The highest BCUT2D eigenvalue weighted by molar-refractivity contribution is 5.94. The molecule has 5 heteroatoms. The Hall–Kier alpha value is -3.21. The third kappa shape index (κ3) is 4.46. The molecule has 0 aliphatic carbocycles. The number of hydrogen-bond acceptors (Lipinski definition) is 4. The Bertz CT molecular complexity index is 1070. The molecule has 0 saturated carbocycles. The molecule has 0 N–H and O–H groups in total. The smallest absolute Gasteiger partial charge is 0.253 e. The van der Waals surface area contributed by atoms with Crippen LogP contribution >= 0.6 is 0 Å². The Morgan fingerprint density at radius 2 is 1.42 bits per heavy atom. The van der Waals surface area contributed by atoms with Gasteiger partial charge >= 0.3 is 0 Å². The minimum Gasteiger partial charge on any atom is -0.353 e. The molecule has 160 valence electrons. The Balaban J connectivity index is 1.55. The number of aryl methyl sites for hydroxylation is 3. The second-order valence-corrected chi connectivity index (χ2v) is 8.30. The van der Waals surface area contributed by atoms with Crippen LogP contribution in [0.3, 0.4) is 0 Å². The van der Waals surface area contributed by atoms with Crippen LogP contribution in [-0.4, -0.2) is 47.0 Å². The van der Waals surface area contributed by atoms with Crippen molar-refractivity contribution in [1.82, 2.24) is 14.9 Å². The topological polar surface area (TPSA) is 49.3 Å². The maximum absolute atomic E-state index is 12.9. The number of piperazine rings is 1. The molecule has 3 aromatic rings. The van der Waals surface area contributed by atoms with Gasteiger partial charge in [0, 0.05) is 48.6 Å². The lowest BCUT2D eigenvalue weighted by molar-refractivity contribution is 0.0746. The average Bonchev–Trinajstić information content (AvgIpc) is 2.79. The van der Waals surface area contributed by atoms with Crippen LogP contribution < -0.4 is 4.90 Å². The number of rotatable bonds is 4. The zero-order chi connectivity index (χ0) is 22.0. The predicted octanol–water partition coefficient (Wildman–Crippen LogP) is 4.59. The lowest BCUT2D eigenvalue weighted by Crippen LogP contribution is -2.49. The highest BCUT2D eigenvalue weighted by Gasteiger charge is 2.25. The van der Waals surface area contributed by atoms with E-state index in [0.717, 1.165) is 53.5 Å². The molecule has 0 radical (unpaired) electrons. The van der Waals surface area contributed by atoms with Gasteiger partial charge in [-0.25, -0.2) is 9.97 Å². The molecule has 1 fully saturated rings. The number of aromatic nitrogens is 2. The molecule has 1 aliphatic heterocycles. The fourth-order valence-corrected chi connectivity index (χ4v) is 4.09. The van der Waals surface area contributed by atoms with Crippen molar-refractivity contribution in [3.8, 4) is 11.4 Å². The van der Waals surface area contributed by atoms with Gasteiger partial charge < -0.3 is 9.80 Å². The number of carbonyl (C=O) groups excluding carboxylic acids is 1. The van der Waals surface area contributed by atoms with Gasteiger partial charge in [-0.1, -0.05) is 54.4 Å². The normalized spacial score (nSPS) is 14.1. The van der Waals surface area contributed by atoms with E-state index in [1.165, 1.54) is 11.1 Å². The summed E-state index contributed by atoms with van der Waals surface area (Å²) >= 11 is 0. The van der Waals surface area contributed by atoms with Crippen molar-refractivity contribution in [2.45, 2.75) is 34.1 Å². The van der Waals surface area contributed by atoms with Crippen molar-refractivity contribution < 1.29 is 4.79 Å². The number of amides is 1. The van der Waals surface area contributed by atoms with Crippen molar-refractivity contribution in [3.63, 3.8) is 0 Å². The summed E-state index contributed by atoms with van der Waals surface area (Å²) in [6, 6.07) is 16.2. The molecular formula is C26H30N4O. The van der Waals surface area contributed by atoms with Gasteiger partial charge in [0.15, 0.2) is 5.82 Å². The summed E-state index contributed by atoms with van der Waals surface area (Å²) in [6.07, 6.45) is 0.887. The van der Waals surface area contributed by atoms with Gasteiger partial charge in [0.25, 0.3) is 5.91 Å². The molecule has 5 nitrogen and oxygen atoms in total. The number of hydrogen-bond donors (Lipinski definition) is 0. The fourth-order valence-electron chi connectivity index (χ4n) is 4.09. The lowest BCUT2D eigenvalue weighted by atomic mass is 10.1. The number of benzene rings is 2. The van der Waals surface area contributed by atoms with Crippen LogP contribution in [0.2, 0.25) is 0 Å². The van der Waals surface area contributed by atoms with E-state index in [2.05, 4.69) is 49.9 Å². The van der Waals surface area contributed by atoms with Crippen molar-refractivity contribution in [2.75, 3.05) is 31.1 Å². The van der Waals surface area contributed by atoms with Gasteiger partial charge in [-0.15, -0.1) is 0 Å². The number of anilines is 1. The first-order chi connectivity index (χ1) is 15.0. The molecule has 1 aliphatic rings. The van der Waals surface area contributed by atoms with E-state index < -0.39 is 0 Å². The minimum absolute atomic E-state index is 0.106. The van der Waals surface area contributed by atoms with E-state index >= 15 is 0 Å². The van der Waals surface area contributed by atoms with E-state index in [9.17, 15) is 4.79 Å². The first kappa shape index (κ1) is 21.0. The Morgan fingerprint density at radius 3 is 2.00 bits per heavy atom. The molecule has 2 aromatic carbocycles. The van der Waals surface area contributed by atoms with Crippen LogP contribution in [0.5, 0.6) is 0 Å². The fraction of sp³-hybridized carbons (Fsp3) is 0.346. The first-order valence-corrected chi connectivity index (χ1v) is 11.0. The second-order valence-electron chi connectivity index (χ2n) is 8.30. The van der Waals surface area contributed by atoms with Gasteiger partial charge in [-0.05, 0) is 39.3 Å². The molecule has 0 spiro atoms. The van der Waals surface area contributed by atoms with Crippen LogP contribution in [0.25, 0.3) is 11.4 Å². The SMILES string of the molecule is CCc1c(C)nc(-c2ccc(C)cc2)nc1N1CCN(C(=O)c2ccc(C)cc2)CC1. The summed E-state index contributed by atoms with van der Waals surface area (Å²) < 4.78 is 0. The minimum atomic E-state index is 0.106. The number of nitrogens with zero attached hydrogens (tertiary/aromatic N) is 4. The van der Waals surface area contributed by atoms with E-state index in [1.807, 2.05) is 36.1 Å². The molecule has 1 amide bonds. The summed E-state index contributed by atoms with van der Waals surface area (Å²) in [7, 11) is 0. The average molecular weight is 415 g/mol. The van der Waals surface area contributed by atoms with Crippen molar-refractivity contribution in [2.24, 2.45) is 0 Å². The number of carbonyl (C=O) groups is 1. The Morgan fingerprint density at radius 1 is 0.839 bits per heavy atom. The van der Waals surface area contributed by atoms with Gasteiger partial charge in [-0.3, -0.25) is 4.79 Å². The van der Waals surface area contributed by atoms with Crippen LogP contribution in [0, 0.1) is 20.8 Å². The largest absolute Gasteiger partial charge is 0.353 e. The van der Waals surface area contributed by atoms with E-state index in [1.54, 1.807) is 0 Å². The van der Waals surface area contributed by atoms with Gasteiger partial charge in [-0.2, -0.15) is 0 Å². The summed E-state index contributed by atoms with van der Waals surface area (Å²) in [6.45, 7) is 11.3. The maximum atomic E-state index is 12.9. The standard InChI is InChI=1S/C26H30N4O/c1-5-23-20(4)27-24(21-10-6-18(2)7-11-21)28-25(23)29-14-16-30(17-15-29)26(31)22-12-8-19(3)9-13-22/h6-13H,5,14-17H2,1-4H3. The van der Waals surface area contributed by atoms with Crippen molar-refractivity contribution >= 4 is 11.7 Å². The van der Waals surface area contributed by atoms with Crippen molar-refractivity contribution in [3.05, 3.63) is 76.5 Å². The zero-order valence-electron chi connectivity index (χ0n) is 18.9. The van der Waals surface area contributed by atoms with E-state index in [0.29, 0.717) is 13.1 Å². The molecule has 0 unspecified atom stereocenters. The third-order valence-electron chi connectivity index (χ3n) is 6.02. The highest BCUT2D eigenvalue weighted by Crippen LogP contribution is 2.27. The van der Waals surface area contributed by atoms with Gasteiger partial charge in [0.2, 0.25) is 0 Å². The van der Waals surface area contributed by atoms with Crippen LogP contribution in [-0.2, 0) is 6.42 Å². The molecular weight excluding hydrogens is 384 g/mol. The molecule has 0 bridgehead atoms. The van der Waals surface area contributed by atoms with E-state index in [-0.39, 0.29) is 5.91 Å². The Kier molecular flexibility index (Phi) is 6.03. The van der Waals surface area contributed by atoms with Gasteiger partial charge in [0.1, 0.15) is 5.82 Å². The zero-order valence-corrected chi connectivity index (χ0v) is 18.9. The van der Waals surface area contributed by atoms with Crippen LogP contribution in [0.15, 0.2) is 48.5 Å². The van der Waals surface area contributed by atoms with E-state index in [4.69, 9.17) is 9.97 Å². The third-order valence-corrected chi connectivity index (χ3v) is 6.02. The molecule has 4 rings (SSSR count). The molecule has 2 heterocycles. The second kappa shape index (κ2) is 8.88. The predicted molar refractivity (Wildman–Crippen MR) is 126 cm³/mol. The summed E-state index contributed by atoms with van der Waals surface area (Å²) in [5.74, 6) is 1.88. The maximum Gasteiger partial charge on any atom is 0.253 e. The van der Waals surface area contributed by atoms with Crippen LogP contribution in [0.1, 0.15) is 39.7 Å². The first-order valence-electron chi connectivity index (χ1n) is 11.0. The van der Waals surface area contributed by atoms with Gasteiger partial charge in [0.05, 0.1) is 0 Å². The lowest BCUT2D eigenvalue weighted by Gasteiger charge is -2.36. The monoisotopic (exact) mass is 414 g/mol. The van der Waals surface area contributed by atoms with Crippen molar-refractivity contribution in [1.29, 1.82) is 0 Å². The highest BCUT2D eigenvalue weighted by atomic mass is 16.2. The molecule has 1 saturated heterocycles. The summed E-state index contributed by atoms with van der Waals surface area (Å²) in [4.78, 5) is 26.9. The summed E-state index contributed by atoms with van der Waals surface area (Å²) in [5.41, 5.74) is 6.39. The van der Waals surface area contributed by atoms with Crippen LogP contribution in [0.4, 0.5) is 5.82 Å². The quantitative estimate of drug-likeness (QED) is 0.626.